The molecule has 0 aliphatic carbocycles. The first-order chi connectivity index (χ1) is 10.2. The summed E-state index contributed by atoms with van der Waals surface area (Å²) < 4.78 is 7.23. The second-order valence-corrected chi connectivity index (χ2v) is 4.98. The van der Waals surface area contributed by atoms with Crippen LogP contribution in [0, 0.1) is 0 Å². The van der Waals surface area contributed by atoms with Gasteiger partial charge in [-0.15, -0.1) is 0 Å². The monoisotopic (exact) mass is 292 g/mol. The molecule has 0 amide bonds. The average Bonchev–Trinajstić information content (AvgIpc) is 2.81. The minimum atomic E-state index is -0.114. The van der Waals surface area contributed by atoms with Crippen LogP contribution in [-0.4, -0.2) is 45.7 Å². The molecule has 6 heteroatoms. The van der Waals surface area contributed by atoms with Crippen LogP contribution < -0.4 is 10.4 Å². The molecule has 0 saturated carbocycles. The van der Waals surface area contributed by atoms with Gasteiger partial charge in [-0.25, -0.2) is 4.79 Å². The quantitative estimate of drug-likeness (QED) is 0.806. The lowest BCUT2D eigenvalue weighted by Crippen LogP contribution is -2.30. The Hall–Kier alpha value is -1.82. The van der Waals surface area contributed by atoms with Crippen molar-refractivity contribution in [2.45, 2.75) is 33.7 Å². The van der Waals surface area contributed by atoms with Crippen molar-refractivity contribution in [2.75, 3.05) is 26.2 Å². The predicted molar refractivity (Wildman–Crippen MR) is 83.9 cm³/mol. The highest BCUT2D eigenvalue weighted by Crippen LogP contribution is 2.14. The van der Waals surface area contributed by atoms with Gasteiger partial charge in [-0.1, -0.05) is 20.8 Å². The van der Waals surface area contributed by atoms with Crippen molar-refractivity contribution < 1.29 is 4.74 Å². The van der Waals surface area contributed by atoms with E-state index >= 15 is 0 Å². The van der Waals surface area contributed by atoms with Crippen molar-refractivity contribution in [3.8, 4) is 5.88 Å². The number of ether oxygens (including phenoxy) is 1. The largest absolute Gasteiger partial charge is 0.478 e. The summed E-state index contributed by atoms with van der Waals surface area (Å²) in [6.07, 6.45) is 0.932. The maximum Gasteiger partial charge on any atom is 0.327 e. The number of aromatic nitrogens is 3. The van der Waals surface area contributed by atoms with Gasteiger partial charge in [0.05, 0.1) is 12.1 Å². The van der Waals surface area contributed by atoms with Crippen LogP contribution in [0.1, 0.15) is 27.2 Å². The van der Waals surface area contributed by atoms with E-state index in [1.54, 1.807) is 10.6 Å². The summed E-state index contributed by atoms with van der Waals surface area (Å²) in [6, 6.07) is 3.64. The number of rotatable bonds is 8. The van der Waals surface area contributed by atoms with E-state index < -0.39 is 0 Å². The van der Waals surface area contributed by atoms with Crippen LogP contribution >= 0.6 is 0 Å². The van der Waals surface area contributed by atoms with E-state index in [4.69, 9.17) is 4.74 Å². The summed E-state index contributed by atoms with van der Waals surface area (Å²) in [6.45, 7) is 10.3. The highest BCUT2D eigenvalue weighted by molar-refractivity contribution is 5.71. The van der Waals surface area contributed by atoms with E-state index in [2.05, 4.69) is 35.6 Å². The van der Waals surface area contributed by atoms with Gasteiger partial charge in [-0.2, -0.15) is 4.98 Å². The van der Waals surface area contributed by atoms with E-state index in [-0.39, 0.29) is 5.69 Å². The molecule has 116 valence electrons. The second kappa shape index (κ2) is 7.26. The number of hydrogen-bond donors (Lipinski definition) is 1. The van der Waals surface area contributed by atoms with Crippen molar-refractivity contribution in [1.29, 1.82) is 0 Å². The molecule has 0 fully saturated rings. The number of nitrogens with one attached hydrogen (secondary N) is 1. The third-order valence-corrected chi connectivity index (χ3v) is 3.58. The molecule has 2 aromatic heterocycles. The van der Waals surface area contributed by atoms with E-state index in [0.717, 1.165) is 31.6 Å². The lowest BCUT2D eigenvalue weighted by Gasteiger charge is -2.17. The third kappa shape index (κ3) is 3.64. The minimum Gasteiger partial charge on any atom is -0.478 e. The van der Waals surface area contributed by atoms with Crippen molar-refractivity contribution >= 4 is 11.2 Å². The topological polar surface area (TPSA) is 63.2 Å². The lowest BCUT2D eigenvalue weighted by molar-refractivity contribution is 0.289. The summed E-state index contributed by atoms with van der Waals surface area (Å²) in [5.41, 5.74) is 1.31. The van der Waals surface area contributed by atoms with Crippen LogP contribution in [0.5, 0.6) is 5.88 Å². The van der Waals surface area contributed by atoms with E-state index in [0.29, 0.717) is 24.7 Å². The van der Waals surface area contributed by atoms with Gasteiger partial charge < -0.3 is 14.6 Å². The Labute approximate surface area is 124 Å². The molecule has 0 saturated heterocycles. The molecular weight excluding hydrogens is 268 g/mol. The Kier molecular flexibility index (Phi) is 5.38. The number of H-pyrrole nitrogens is 1. The molecule has 2 aromatic rings. The molecule has 0 radical (unpaired) electrons. The standard InChI is InChI=1S/C15H24N4O2/c1-4-11-21-13-8-7-12-14(17-13)19(15(20)16-12)10-9-18(5-2)6-3/h7-8H,4-6,9-11H2,1-3H3,(H,16,20). The molecule has 0 bridgehead atoms. The fourth-order valence-electron chi connectivity index (χ4n) is 2.29. The smallest absolute Gasteiger partial charge is 0.327 e. The normalized spacial score (nSPS) is 11.4. The molecule has 6 nitrogen and oxygen atoms in total. The fourth-order valence-corrected chi connectivity index (χ4v) is 2.29. The van der Waals surface area contributed by atoms with Gasteiger partial charge in [0.25, 0.3) is 0 Å². The number of fused-ring (bicyclic) bond motifs is 1. The Bertz CT molecular complexity index is 628. The number of pyridine rings is 1. The molecule has 2 rings (SSSR count). The van der Waals surface area contributed by atoms with Gasteiger partial charge in [0, 0.05) is 19.2 Å². The zero-order valence-electron chi connectivity index (χ0n) is 13.1. The molecule has 0 aliphatic heterocycles. The molecule has 0 aliphatic rings. The van der Waals surface area contributed by atoms with Crippen molar-refractivity contribution in [1.82, 2.24) is 19.4 Å². The number of hydrogen-bond acceptors (Lipinski definition) is 4. The van der Waals surface area contributed by atoms with Crippen molar-refractivity contribution in [2.24, 2.45) is 0 Å². The number of likely N-dealkylation sites (N-methyl/N-ethyl adjacent to an activating group) is 1. The van der Waals surface area contributed by atoms with Crippen LogP contribution in [0.3, 0.4) is 0 Å². The van der Waals surface area contributed by atoms with Gasteiger partial charge >= 0.3 is 5.69 Å². The summed E-state index contributed by atoms with van der Waals surface area (Å²) in [5.74, 6) is 0.569. The molecule has 0 unspecified atom stereocenters. The zero-order chi connectivity index (χ0) is 15.2. The van der Waals surface area contributed by atoms with Crippen LogP contribution in [0.2, 0.25) is 0 Å². The number of imidazole rings is 1. The van der Waals surface area contributed by atoms with Gasteiger partial charge in [0.2, 0.25) is 5.88 Å². The highest BCUT2D eigenvalue weighted by Gasteiger charge is 2.10. The van der Waals surface area contributed by atoms with E-state index in [9.17, 15) is 4.79 Å². The van der Waals surface area contributed by atoms with Crippen molar-refractivity contribution in [3.63, 3.8) is 0 Å². The van der Waals surface area contributed by atoms with Crippen LogP contribution in [0.15, 0.2) is 16.9 Å². The first-order valence-electron chi connectivity index (χ1n) is 7.64. The average molecular weight is 292 g/mol. The molecular formula is C15H24N4O2. The Morgan fingerprint density at radius 3 is 2.71 bits per heavy atom. The maximum absolute atomic E-state index is 12.1. The molecule has 2 heterocycles. The van der Waals surface area contributed by atoms with E-state index in [1.807, 2.05) is 6.07 Å². The van der Waals surface area contributed by atoms with Crippen LogP contribution in [0.4, 0.5) is 0 Å². The summed E-state index contributed by atoms with van der Waals surface area (Å²) in [4.78, 5) is 21.6. The van der Waals surface area contributed by atoms with Gasteiger partial charge in [0.15, 0.2) is 5.65 Å². The van der Waals surface area contributed by atoms with Crippen LogP contribution in [0.25, 0.3) is 11.2 Å². The molecule has 0 spiro atoms. The van der Waals surface area contributed by atoms with Crippen molar-refractivity contribution in [3.05, 3.63) is 22.6 Å². The molecule has 0 atom stereocenters. The Morgan fingerprint density at radius 2 is 2.05 bits per heavy atom. The SMILES string of the molecule is CCCOc1ccc2[nH]c(=O)n(CCN(CC)CC)c2n1. The first kappa shape index (κ1) is 15.6. The highest BCUT2D eigenvalue weighted by atomic mass is 16.5. The summed E-state index contributed by atoms with van der Waals surface area (Å²) in [7, 11) is 0. The first-order valence-corrected chi connectivity index (χ1v) is 7.64. The van der Waals surface area contributed by atoms with E-state index in [1.165, 1.54) is 0 Å². The second-order valence-electron chi connectivity index (χ2n) is 4.98. The Balaban J connectivity index is 2.24. The van der Waals surface area contributed by atoms with Gasteiger partial charge in [-0.3, -0.25) is 4.57 Å². The predicted octanol–water partition coefficient (Wildman–Crippen LogP) is 1.86. The van der Waals surface area contributed by atoms with Gasteiger partial charge in [-0.05, 0) is 25.6 Å². The third-order valence-electron chi connectivity index (χ3n) is 3.58. The Morgan fingerprint density at radius 1 is 1.29 bits per heavy atom. The zero-order valence-corrected chi connectivity index (χ0v) is 13.1. The summed E-state index contributed by atoms with van der Waals surface area (Å²) >= 11 is 0. The van der Waals surface area contributed by atoms with Gasteiger partial charge in [0.1, 0.15) is 0 Å². The van der Waals surface area contributed by atoms with Crippen LogP contribution in [-0.2, 0) is 6.54 Å². The molecule has 1 N–H and O–H groups in total. The molecule has 0 aromatic carbocycles. The summed E-state index contributed by atoms with van der Waals surface area (Å²) in [5, 5.41) is 0. The minimum absolute atomic E-state index is 0.114. The number of aromatic amines is 1. The lowest BCUT2D eigenvalue weighted by atomic mass is 10.4. The maximum atomic E-state index is 12.1. The fraction of sp³-hybridized carbons (Fsp3) is 0.600. The number of nitrogens with zero attached hydrogens (tertiary/aromatic N) is 3. The molecule has 21 heavy (non-hydrogen) atoms.